The Hall–Kier alpha value is -3.72. The van der Waals surface area contributed by atoms with Gasteiger partial charge < -0.3 is 9.64 Å². The Morgan fingerprint density at radius 1 is 1.03 bits per heavy atom. The molecule has 0 saturated carbocycles. The molecule has 0 bridgehead atoms. The summed E-state index contributed by atoms with van der Waals surface area (Å²) >= 11 is 0. The number of hydrogen-bond acceptors (Lipinski definition) is 7. The van der Waals surface area contributed by atoms with Gasteiger partial charge in [-0.05, 0) is 23.8 Å². The first-order valence-electron chi connectivity index (χ1n) is 9.22. The number of rotatable bonds is 3. The summed E-state index contributed by atoms with van der Waals surface area (Å²) in [4.78, 5) is 26.5. The minimum Gasteiger partial charge on any atom is -0.368 e. The van der Waals surface area contributed by atoms with E-state index in [1.54, 1.807) is 28.0 Å². The fourth-order valence-corrected chi connectivity index (χ4v) is 3.43. The molecule has 1 amide bonds. The zero-order valence-electron chi connectivity index (χ0n) is 15.4. The van der Waals surface area contributed by atoms with Crippen molar-refractivity contribution in [1.82, 2.24) is 34.7 Å². The number of morpholine rings is 1. The predicted molar refractivity (Wildman–Crippen MR) is 103 cm³/mol. The molecule has 4 aromatic heterocycles. The first-order chi connectivity index (χ1) is 14.3. The summed E-state index contributed by atoms with van der Waals surface area (Å²) in [5, 5.41) is 8.58. The van der Waals surface area contributed by atoms with Crippen LogP contribution < -0.4 is 0 Å². The predicted octanol–water partition coefficient (Wildman–Crippen LogP) is 1.79. The average Bonchev–Trinajstić information content (AvgIpc) is 3.23. The maximum atomic E-state index is 12.7. The van der Waals surface area contributed by atoms with Gasteiger partial charge in [0, 0.05) is 43.1 Å². The SMILES string of the molecule is O=C(c1cnccn1)N1CCOC(c2nnn3cc(-c4ccncc4)ccc23)C1. The lowest BCUT2D eigenvalue weighted by Crippen LogP contribution is -2.42. The Labute approximate surface area is 166 Å². The number of hydrogen-bond donors (Lipinski definition) is 0. The lowest BCUT2D eigenvalue weighted by molar-refractivity contribution is -0.0243. The summed E-state index contributed by atoms with van der Waals surface area (Å²) in [5.41, 5.74) is 3.95. The van der Waals surface area contributed by atoms with Gasteiger partial charge in [-0.1, -0.05) is 11.3 Å². The molecule has 5 heterocycles. The molecule has 9 heteroatoms. The highest BCUT2D eigenvalue weighted by atomic mass is 16.5. The molecule has 0 spiro atoms. The van der Waals surface area contributed by atoms with E-state index < -0.39 is 0 Å². The third-order valence-electron chi connectivity index (χ3n) is 4.89. The van der Waals surface area contributed by atoms with Gasteiger partial charge in [-0.2, -0.15) is 0 Å². The van der Waals surface area contributed by atoms with Crippen LogP contribution in [-0.2, 0) is 4.74 Å². The van der Waals surface area contributed by atoms with Gasteiger partial charge in [-0.3, -0.25) is 14.8 Å². The summed E-state index contributed by atoms with van der Waals surface area (Å²) in [7, 11) is 0. The van der Waals surface area contributed by atoms with E-state index in [1.165, 1.54) is 12.4 Å². The maximum Gasteiger partial charge on any atom is 0.274 e. The van der Waals surface area contributed by atoms with Crippen LogP contribution >= 0.6 is 0 Å². The Morgan fingerprint density at radius 3 is 2.76 bits per heavy atom. The third kappa shape index (κ3) is 3.32. The quantitative estimate of drug-likeness (QED) is 0.528. The number of amides is 1. The fourth-order valence-electron chi connectivity index (χ4n) is 3.43. The van der Waals surface area contributed by atoms with Crippen LogP contribution in [0.2, 0.25) is 0 Å². The van der Waals surface area contributed by atoms with Crippen LogP contribution in [0, 0.1) is 0 Å². The van der Waals surface area contributed by atoms with Gasteiger partial charge in [0.05, 0.1) is 24.9 Å². The van der Waals surface area contributed by atoms with Crippen molar-refractivity contribution in [3.63, 3.8) is 0 Å². The second kappa shape index (κ2) is 7.36. The highest BCUT2D eigenvalue weighted by Gasteiger charge is 2.29. The molecule has 5 rings (SSSR count). The van der Waals surface area contributed by atoms with Crippen molar-refractivity contribution in [3.8, 4) is 11.1 Å². The van der Waals surface area contributed by atoms with E-state index in [4.69, 9.17) is 4.74 Å². The molecule has 0 radical (unpaired) electrons. The van der Waals surface area contributed by atoms with E-state index in [2.05, 4.69) is 25.3 Å². The maximum absolute atomic E-state index is 12.7. The smallest absolute Gasteiger partial charge is 0.274 e. The minimum absolute atomic E-state index is 0.164. The molecule has 1 saturated heterocycles. The van der Waals surface area contributed by atoms with Crippen molar-refractivity contribution in [2.24, 2.45) is 0 Å². The molecular formula is C20H17N7O2. The third-order valence-corrected chi connectivity index (χ3v) is 4.89. The van der Waals surface area contributed by atoms with Gasteiger partial charge in [-0.15, -0.1) is 5.10 Å². The van der Waals surface area contributed by atoms with Gasteiger partial charge in [0.2, 0.25) is 0 Å². The molecule has 1 aliphatic rings. The highest BCUT2D eigenvalue weighted by molar-refractivity contribution is 5.92. The number of carbonyl (C=O) groups is 1. The van der Waals surface area contributed by atoms with Crippen LogP contribution in [0.25, 0.3) is 16.6 Å². The molecule has 1 aliphatic heterocycles. The zero-order chi connectivity index (χ0) is 19.6. The van der Waals surface area contributed by atoms with E-state index in [0.717, 1.165) is 16.6 Å². The number of pyridine rings is 2. The zero-order valence-corrected chi connectivity index (χ0v) is 15.4. The lowest BCUT2D eigenvalue weighted by atomic mass is 10.1. The molecule has 0 aliphatic carbocycles. The molecular weight excluding hydrogens is 370 g/mol. The van der Waals surface area contributed by atoms with Crippen molar-refractivity contribution in [1.29, 1.82) is 0 Å². The van der Waals surface area contributed by atoms with E-state index >= 15 is 0 Å². The van der Waals surface area contributed by atoms with E-state index in [0.29, 0.717) is 31.1 Å². The van der Waals surface area contributed by atoms with Crippen LogP contribution in [0.5, 0.6) is 0 Å². The van der Waals surface area contributed by atoms with Gasteiger partial charge in [0.25, 0.3) is 5.91 Å². The Kier molecular flexibility index (Phi) is 4.41. The lowest BCUT2D eigenvalue weighted by Gasteiger charge is -2.31. The molecule has 4 aromatic rings. The summed E-state index contributed by atoms with van der Waals surface area (Å²) < 4.78 is 7.64. The fraction of sp³-hybridized carbons (Fsp3) is 0.200. The standard InChI is InChI=1S/C20H17N7O2/c28-20(16-11-22-7-8-23-16)26-9-10-29-18(13-26)19-17-2-1-15(12-27(17)25-24-19)14-3-5-21-6-4-14/h1-8,11-12,18H,9-10,13H2. The molecule has 0 N–H and O–H groups in total. The van der Waals surface area contributed by atoms with Crippen molar-refractivity contribution in [2.45, 2.75) is 6.10 Å². The van der Waals surface area contributed by atoms with Crippen LogP contribution in [0.1, 0.15) is 22.3 Å². The van der Waals surface area contributed by atoms with Gasteiger partial charge in [0.15, 0.2) is 0 Å². The van der Waals surface area contributed by atoms with Crippen molar-refractivity contribution in [2.75, 3.05) is 19.7 Å². The van der Waals surface area contributed by atoms with Crippen molar-refractivity contribution >= 4 is 11.4 Å². The van der Waals surface area contributed by atoms with Crippen LogP contribution in [0.15, 0.2) is 61.4 Å². The van der Waals surface area contributed by atoms with Crippen molar-refractivity contribution in [3.05, 3.63) is 72.8 Å². The highest BCUT2D eigenvalue weighted by Crippen LogP contribution is 2.27. The van der Waals surface area contributed by atoms with Crippen molar-refractivity contribution < 1.29 is 9.53 Å². The molecule has 29 heavy (non-hydrogen) atoms. The Balaban J connectivity index is 1.41. The van der Waals surface area contributed by atoms with Crippen LogP contribution in [0.3, 0.4) is 0 Å². The first kappa shape index (κ1) is 17.4. The Bertz CT molecular complexity index is 1150. The molecule has 0 aromatic carbocycles. The average molecular weight is 387 g/mol. The topological polar surface area (TPSA) is 98.4 Å². The van der Waals surface area contributed by atoms with Crippen LogP contribution in [-0.4, -0.2) is 60.3 Å². The van der Waals surface area contributed by atoms with E-state index in [-0.39, 0.29) is 12.0 Å². The van der Waals surface area contributed by atoms with Gasteiger partial charge >= 0.3 is 0 Å². The largest absolute Gasteiger partial charge is 0.368 e. The summed E-state index contributed by atoms with van der Waals surface area (Å²) in [6.45, 7) is 1.30. The summed E-state index contributed by atoms with van der Waals surface area (Å²) in [6.07, 6.45) is 9.61. The number of fused-ring (bicyclic) bond motifs is 1. The number of aromatic nitrogens is 6. The van der Waals surface area contributed by atoms with E-state index in [9.17, 15) is 4.79 Å². The van der Waals surface area contributed by atoms with Gasteiger partial charge in [0.1, 0.15) is 17.5 Å². The first-order valence-corrected chi connectivity index (χ1v) is 9.22. The summed E-state index contributed by atoms with van der Waals surface area (Å²) in [6, 6.07) is 7.87. The normalized spacial score (nSPS) is 16.8. The van der Waals surface area contributed by atoms with Crippen LogP contribution in [0.4, 0.5) is 0 Å². The number of carbonyl (C=O) groups excluding carboxylic acids is 1. The number of ether oxygens (including phenoxy) is 1. The molecule has 1 atom stereocenters. The Morgan fingerprint density at radius 2 is 1.93 bits per heavy atom. The molecule has 1 unspecified atom stereocenters. The molecule has 144 valence electrons. The van der Waals surface area contributed by atoms with E-state index in [1.807, 2.05) is 30.5 Å². The second-order valence-electron chi connectivity index (χ2n) is 6.66. The minimum atomic E-state index is -0.353. The number of nitrogens with zero attached hydrogens (tertiary/aromatic N) is 7. The molecule has 1 fully saturated rings. The second-order valence-corrected chi connectivity index (χ2v) is 6.66. The summed E-state index contributed by atoms with van der Waals surface area (Å²) in [5.74, 6) is -0.164. The molecule has 9 nitrogen and oxygen atoms in total. The monoisotopic (exact) mass is 387 g/mol. The van der Waals surface area contributed by atoms with Gasteiger partial charge in [-0.25, -0.2) is 9.50 Å².